The van der Waals surface area contributed by atoms with Crippen LogP contribution in [0.25, 0.3) is 10.8 Å². The van der Waals surface area contributed by atoms with Crippen LogP contribution in [0.15, 0.2) is 40.4 Å². The van der Waals surface area contributed by atoms with Gasteiger partial charge in [0.2, 0.25) is 5.16 Å². The number of carboxylic acids is 1. The minimum absolute atomic E-state index is 0.164. The number of non-ortho nitro benzene ring substituents is 1. The van der Waals surface area contributed by atoms with Crippen molar-refractivity contribution in [2.24, 2.45) is 7.05 Å². The number of rotatable bonds is 4. The number of nitrogens with zero attached hydrogens (tertiary/aromatic N) is 5. The SMILES string of the molecule is Cn1nnnc1Sc1c(C(=O)O)cc([N+](=O)[O-])c2ccccc12. The van der Waals surface area contributed by atoms with Crippen molar-refractivity contribution >= 4 is 34.2 Å². The molecule has 0 aliphatic carbocycles. The Kier molecular flexibility index (Phi) is 3.66. The molecule has 1 heterocycles. The van der Waals surface area contributed by atoms with Crippen molar-refractivity contribution in [1.29, 1.82) is 0 Å². The van der Waals surface area contributed by atoms with Gasteiger partial charge >= 0.3 is 5.97 Å². The number of tetrazole rings is 1. The summed E-state index contributed by atoms with van der Waals surface area (Å²) in [4.78, 5) is 22.6. The summed E-state index contributed by atoms with van der Waals surface area (Å²) in [6, 6.07) is 7.64. The number of aryl methyl sites for hydroxylation is 1. The highest BCUT2D eigenvalue weighted by atomic mass is 32.2. The van der Waals surface area contributed by atoms with Crippen LogP contribution in [0.2, 0.25) is 0 Å². The molecule has 3 aromatic rings. The Balaban J connectivity index is 2.32. The second-order valence-corrected chi connectivity index (χ2v) is 5.54. The molecule has 1 aromatic heterocycles. The number of nitro groups is 1. The van der Waals surface area contributed by atoms with Gasteiger partial charge in [0.05, 0.1) is 15.9 Å². The number of benzene rings is 2. The number of aromatic nitrogens is 4. The predicted molar refractivity (Wildman–Crippen MR) is 80.5 cm³/mol. The molecule has 0 saturated heterocycles. The van der Waals surface area contributed by atoms with E-state index in [1.165, 1.54) is 4.68 Å². The van der Waals surface area contributed by atoms with Crippen molar-refractivity contribution < 1.29 is 14.8 Å². The third kappa shape index (κ3) is 2.59. The molecule has 9 nitrogen and oxygen atoms in total. The van der Waals surface area contributed by atoms with Crippen LogP contribution in [0.4, 0.5) is 5.69 Å². The van der Waals surface area contributed by atoms with E-state index in [0.29, 0.717) is 20.8 Å². The Morgan fingerprint density at radius 1 is 1.35 bits per heavy atom. The molecule has 3 rings (SSSR count). The third-order valence-corrected chi connectivity index (χ3v) is 4.35. The topological polar surface area (TPSA) is 124 Å². The minimum atomic E-state index is -1.25. The number of nitro benzene ring substituents is 1. The van der Waals surface area contributed by atoms with Gasteiger partial charge in [0.25, 0.3) is 5.69 Å². The van der Waals surface area contributed by atoms with E-state index in [9.17, 15) is 20.0 Å². The molecule has 0 spiro atoms. The van der Waals surface area contributed by atoms with Gasteiger partial charge in [-0.05, 0) is 28.3 Å². The average molecular weight is 331 g/mol. The number of aromatic carboxylic acids is 1. The first kappa shape index (κ1) is 14.9. The zero-order valence-corrected chi connectivity index (χ0v) is 12.5. The van der Waals surface area contributed by atoms with Crippen molar-refractivity contribution in [3.63, 3.8) is 0 Å². The highest BCUT2D eigenvalue weighted by Crippen LogP contribution is 2.39. The standard InChI is InChI=1S/C13H9N5O4S/c1-17-13(14-15-16-17)23-11-8-5-3-2-4-7(8)10(18(21)22)6-9(11)12(19)20/h2-6H,1H3,(H,19,20). The van der Waals surface area contributed by atoms with Crippen molar-refractivity contribution in [2.45, 2.75) is 10.1 Å². The van der Waals surface area contributed by atoms with Gasteiger partial charge in [-0.15, -0.1) is 5.10 Å². The molecule has 0 aliphatic heterocycles. The summed E-state index contributed by atoms with van der Waals surface area (Å²) >= 11 is 1.05. The minimum Gasteiger partial charge on any atom is -0.478 e. The Hall–Kier alpha value is -3.01. The van der Waals surface area contributed by atoms with E-state index in [2.05, 4.69) is 15.5 Å². The van der Waals surface area contributed by atoms with E-state index in [0.717, 1.165) is 17.8 Å². The van der Waals surface area contributed by atoms with E-state index in [4.69, 9.17) is 0 Å². The largest absolute Gasteiger partial charge is 0.478 e. The van der Waals surface area contributed by atoms with Gasteiger partial charge in [0.15, 0.2) is 0 Å². The normalized spacial score (nSPS) is 10.8. The number of carboxylic acid groups (broad SMARTS) is 1. The van der Waals surface area contributed by atoms with Crippen LogP contribution in [-0.4, -0.2) is 36.2 Å². The van der Waals surface area contributed by atoms with Crippen LogP contribution in [-0.2, 0) is 7.05 Å². The Labute approximate surface area is 133 Å². The quantitative estimate of drug-likeness (QED) is 0.569. The first-order valence-electron chi connectivity index (χ1n) is 6.32. The monoisotopic (exact) mass is 331 g/mol. The van der Waals surface area contributed by atoms with Crippen molar-refractivity contribution in [2.75, 3.05) is 0 Å². The van der Waals surface area contributed by atoms with Crippen molar-refractivity contribution in [1.82, 2.24) is 20.2 Å². The maximum Gasteiger partial charge on any atom is 0.337 e. The van der Waals surface area contributed by atoms with Crippen LogP contribution < -0.4 is 0 Å². The Morgan fingerprint density at radius 3 is 2.61 bits per heavy atom. The second kappa shape index (κ2) is 5.65. The lowest BCUT2D eigenvalue weighted by molar-refractivity contribution is -0.383. The first-order chi connectivity index (χ1) is 11.0. The molecular formula is C13H9N5O4S. The van der Waals surface area contributed by atoms with Gasteiger partial charge in [-0.1, -0.05) is 18.2 Å². The molecule has 1 N–H and O–H groups in total. The summed E-state index contributed by atoms with van der Waals surface area (Å²) in [6.07, 6.45) is 0. The maximum absolute atomic E-state index is 11.6. The van der Waals surface area contributed by atoms with Crippen LogP contribution in [0, 0.1) is 10.1 Å². The fourth-order valence-corrected chi connectivity index (χ4v) is 3.12. The fraction of sp³-hybridized carbons (Fsp3) is 0.0769. The zero-order chi connectivity index (χ0) is 16.6. The summed E-state index contributed by atoms with van der Waals surface area (Å²) < 4.78 is 1.40. The molecule has 0 saturated carbocycles. The van der Waals surface area contributed by atoms with Gasteiger partial charge < -0.3 is 5.11 Å². The zero-order valence-electron chi connectivity index (χ0n) is 11.7. The highest BCUT2D eigenvalue weighted by molar-refractivity contribution is 7.99. The van der Waals surface area contributed by atoms with Gasteiger partial charge in [0, 0.05) is 23.4 Å². The Bertz CT molecular complexity index is 939. The van der Waals surface area contributed by atoms with E-state index in [1.807, 2.05) is 0 Å². The molecule has 0 aliphatic rings. The van der Waals surface area contributed by atoms with E-state index in [1.54, 1.807) is 31.3 Å². The second-order valence-electron chi connectivity index (χ2n) is 4.57. The van der Waals surface area contributed by atoms with Gasteiger partial charge in [0.1, 0.15) is 0 Å². The fourth-order valence-electron chi connectivity index (χ4n) is 2.15. The summed E-state index contributed by atoms with van der Waals surface area (Å²) in [6.45, 7) is 0. The molecule has 10 heteroatoms. The van der Waals surface area contributed by atoms with Crippen LogP contribution in [0.1, 0.15) is 10.4 Å². The maximum atomic E-state index is 11.6. The lowest BCUT2D eigenvalue weighted by Crippen LogP contribution is -2.03. The molecule has 0 unspecified atom stereocenters. The van der Waals surface area contributed by atoms with Crippen LogP contribution >= 0.6 is 11.8 Å². The first-order valence-corrected chi connectivity index (χ1v) is 7.14. The molecule has 0 amide bonds. The molecule has 0 fully saturated rings. The predicted octanol–water partition coefficient (Wildman–Crippen LogP) is 2.12. The van der Waals surface area contributed by atoms with Gasteiger partial charge in [-0.3, -0.25) is 10.1 Å². The average Bonchev–Trinajstić information content (AvgIpc) is 2.92. The number of hydrogen-bond donors (Lipinski definition) is 1. The number of hydrogen-bond acceptors (Lipinski definition) is 7. The molecule has 116 valence electrons. The molecule has 2 aromatic carbocycles. The lowest BCUT2D eigenvalue weighted by Gasteiger charge is -2.09. The highest BCUT2D eigenvalue weighted by Gasteiger charge is 2.24. The summed E-state index contributed by atoms with van der Waals surface area (Å²) in [5.41, 5.74) is -0.415. The van der Waals surface area contributed by atoms with Crippen LogP contribution in [0.5, 0.6) is 0 Å². The van der Waals surface area contributed by atoms with Gasteiger partial charge in [-0.2, -0.15) is 0 Å². The van der Waals surface area contributed by atoms with E-state index >= 15 is 0 Å². The summed E-state index contributed by atoms with van der Waals surface area (Å²) in [7, 11) is 1.62. The molecule has 23 heavy (non-hydrogen) atoms. The Morgan fingerprint density at radius 2 is 2.04 bits per heavy atom. The lowest BCUT2D eigenvalue weighted by atomic mass is 10.0. The summed E-state index contributed by atoms with van der Waals surface area (Å²) in [5, 5.41) is 32.9. The van der Waals surface area contributed by atoms with E-state index in [-0.39, 0.29) is 11.3 Å². The van der Waals surface area contributed by atoms with Crippen molar-refractivity contribution in [3.05, 3.63) is 46.0 Å². The smallest absolute Gasteiger partial charge is 0.337 e. The van der Waals surface area contributed by atoms with Crippen molar-refractivity contribution in [3.8, 4) is 0 Å². The third-order valence-electron chi connectivity index (χ3n) is 3.18. The summed E-state index contributed by atoms with van der Waals surface area (Å²) in [5.74, 6) is -1.25. The molecule has 0 bridgehead atoms. The van der Waals surface area contributed by atoms with Gasteiger partial charge in [-0.25, -0.2) is 9.48 Å². The van der Waals surface area contributed by atoms with E-state index < -0.39 is 10.9 Å². The number of carbonyl (C=O) groups is 1. The molecular weight excluding hydrogens is 322 g/mol. The molecule has 0 atom stereocenters. The molecule has 0 radical (unpaired) electrons. The van der Waals surface area contributed by atoms with Crippen LogP contribution in [0.3, 0.4) is 0 Å². The number of fused-ring (bicyclic) bond motifs is 1.